The van der Waals surface area contributed by atoms with Gasteiger partial charge in [0.05, 0.1) is 12.3 Å². The summed E-state index contributed by atoms with van der Waals surface area (Å²) >= 11 is 0. The zero-order valence-electron chi connectivity index (χ0n) is 13.6. The summed E-state index contributed by atoms with van der Waals surface area (Å²) in [5.41, 5.74) is 0.781. The molecule has 23 heavy (non-hydrogen) atoms. The predicted octanol–water partition coefficient (Wildman–Crippen LogP) is 2.60. The van der Waals surface area contributed by atoms with E-state index in [1.54, 1.807) is 45.6 Å². The molecular formula is C16H20N4O3. The van der Waals surface area contributed by atoms with E-state index in [-0.39, 0.29) is 23.7 Å². The Morgan fingerprint density at radius 1 is 1.26 bits per heavy atom. The highest BCUT2D eigenvalue weighted by atomic mass is 16.3. The second kappa shape index (κ2) is 6.95. The molecule has 0 saturated heterocycles. The van der Waals surface area contributed by atoms with Gasteiger partial charge in [0.2, 0.25) is 0 Å². The van der Waals surface area contributed by atoms with E-state index in [2.05, 4.69) is 10.3 Å². The molecule has 0 aliphatic carbocycles. The standard InChI is InChI=1S/C16H20N4O3/c1-11(14-6-5-9-23-14)20(4)16(22)18-12-7-8-17-13(10-12)15(21)19(2)3/h5-11H,1-4H3,(H,17,18,22). The van der Waals surface area contributed by atoms with Gasteiger partial charge in [-0.25, -0.2) is 4.79 Å². The molecule has 7 heteroatoms. The average Bonchev–Trinajstić information content (AvgIpc) is 3.07. The van der Waals surface area contributed by atoms with Gasteiger partial charge in [-0.1, -0.05) is 0 Å². The number of urea groups is 1. The van der Waals surface area contributed by atoms with Crippen LogP contribution in [-0.4, -0.2) is 47.9 Å². The minimum Gasteiger partial charge on any atom is -0.467 e. The van der Waals surface area contributed by atoms with Gasteiger partial charge in [0, 0.05) is 33.0 Å². The molecule has 1 N–H and O–H groups in total. The minimum absolute atomic E-state index is 0.213. The van der Waals surface area contributed by atoms with Crippen molar-refractivity contribution in [2.75, 3.05) is 26.5 Å². The maximum atomic E-state index is 12.3. The molecule has 2 aromatic heterocycles. The first-order chi connectivity index (χ1) is 10.9. The summed E-state index contributed by atoms with van der Waals surface area (Å²) in [7, 11) is 4.97. The SMILES string of the molecule is CC(c1ccco1)N(C)C(=O)Nc1ccnc(C(=O)N(C)C)c1. The third kappa shape index (κ3) is 3.88. The highest BCUT2D eigenvalue weighted by Gasteiger charge is 2.20. The van der Waals surface area contributed by atoms with E-state index in [4.69, 9.17) is 4.42 Å². The Balaban J connectivity index is 2.08. The lowest BCUT2D eigenvalue weighted by Gasteiger charge is -2.23. The lowest BCUT2D eigenvalue weighted by molar-refractivity contribution is 0.0822. The van der Waals surface area contributed by atoms with E-state index in [1.165, 1.54) is 16.0 Å². The van der Waals surface area contributed by atoms with Crippen molar-refractivity contribution in [3.63, 3.8) is 0 Å². The van der Waals surface area contributed by atoms with Gasteiger partial charge in [-0.15, -0.1) is 0 Å². The molecule has 0 saturated carbocycles. The number of aromatic nitrogens is 1. The fourth-order valence-electron chi connectivity index (χ4n) is 1.96. The molecule has 2 rings (SSSR count). The number of nitrogens with one attached hydrogen (secondary N) is 1. The third-order valence-corrected chi connectivity index (χ3v) is 3.49. The molecule has 0 bridgehead atoms. The van der Waals surface area contributed by atoms with Gasteiger partial charge in [0.25, 0.3) is 5.91 Å². The summed E-state index contributed by atoms with van der Waals surface area (Å²) in [5, 5.41) is 2.75. The number of amides is 3. The van der Waals surface area contributed by atoms with Crippen LogP contribution >= 0.6 is 0 Å². The van der Waals surface area contributed by atoms with Crippen LogP contribution < -0.4 is 5.32 Å². The van der Waals surface area contributed by atoms with Crippen molar-refractivity contribution in [1.82, 2.24) is 14.8 Å². The van der Waals surface area contributed by atoms with Gasteiger partial charge in [-0.2, -0.15) is 0 Å². The fraction of sp³-hybridized carbons (Fsp3) is 0.312. The van der Waals surface area contributed by atoms with E-state index < -0.39 is 0 Å². The highest BCUT2D eigenvalue weighted by Crippen LogP contribution is 2.20. The lowest BCUT2D eigenvalue weighted by atomic mass is 10.2. The first-order valence-corrected chi connectivity index (χ1v) is 7.15. The summed E-state index contributed by atoms with van der Waals surface area (Å²) < 4.78 is 5.31. The molecule has 0 aromatic carbocycles. The molecule has 0 spiro atoms. The van der Waals surface area contributed by atoms with Crippen LogP contribution in [0.25, 0.3) is 0 Å². The normalized spacial score (nSPS) is 11.7. The van der Waals surface area contributed by atoms with Crippen LogP contribution in [-0.2, 0) is 0 Å². The van der Waals surface area contributed by atoms with Crippen LogP contribution in [0.15, 0.2) is 41.1 Å². The molecule has 1 atom stereocenters. The molecular weight excluding hydrogens is 296 g/mol. The van der Waals surface area contributed by atoms with Crippen LogP contribution in [0.2, 0.25) is 0 Å². The molecule has 1 unspecified atom stereocenters. The number of nitrogens with zero attached hydrogens (tertiary/aromatic N) is 3. The molecule has 2 aromatic rings. The van der Waals surface area contributed by atoms with Crippen molar-refractivity contribution in [1.29, 1.82) is 0 Å². The van der Waals surface area contributed by atoms with Gasteiger partial charge >= 0.3 is 6.03 Å². The first-order valence-electron chi connectivity index (χ1n) is 7.15. The maximum absolute atomic E-state index is 12.3. The third-order valence-electron chi connectivity index (χ3n) is 3.49. The summed E-state index contributed by atoms with van der Waals surface area (Å²) in [5.74, 6) is 0.472. The molecule has 0 radical (unpaired) electrons. The quantitative estimate of drug-likeness (QED) is 0.940. The van der Waals surface area contributed by atoms with Gasteiger partial charge in [-0.05, 0) is 31.2 Å². The van der Waals surface area contributed by atoms with Gasteiger partial charge < -0.3 is 19.5 Å². The summed E-state index contributed by atoms with van der Waals surface area (Å²) in [6.45, 7) is 1.87. The monoisotopic (exact) mass is 316 g/mol. The Bertz CT molecular complexity index is 682. The van der Waals surface area contributed by atoms with Gasteiger partial charge in [0.15, 0.2) is 0 Å². The maximum Gasteiger partial charge on any atom is 0.322 e. The van der Waals surface area contributed by atoms with E-state index in [0.717, 1.165) is 0 Å². The van der Waals surface area contributed by atoms with Gasteiger partial charge in [0.1, 0.15) is 11.5 Å². The number of pyridine rings is 1. The van der Waals surface area contributed by atoms with Crippen molar-refractivity contribution in [3.05, 3.63) is 48.2 Å². The Hall–Kier alpha value is -2.83. The Morgan fingerprint density at radius 3 is 2.61 bits per heavy atom. The molecule has 2 heterocycles. The number of carbonyl (C=O) groups is 2. The van der Waals surface area contributed by atoms with Crippen molar-refractivity contribution in [3.8, 4) is 0 Å². The number of rotatable bonds is 4. The van der Waals surface area contributed by atoms with Crippen LogP contribution in [0.5, 0.6) is 0 Å². The molecule has 7 nitrogen and oxygen atoms in total. The number of hydrogen-bond donors (Lipinski definition) is 1. The summed E-state index contributed by atoms with van der Waals surface area (Å²) in [6, 6.07) is 6.26. The Morgan fingerprint density at radius 2 is 2.00 bits per heavy atom. The Labute approximate surface area is 134 Å². The van der Waals surface area contributed by atoms with Crippen LogP contribution in [0.1, 0.15) is 29.2 Å². The number of carbonyl (C=O) groups excluding carboxylic acids is 2. The van der Waals surface area contributed by atoms with Crippen LogP contribution in [0.4, 0.5) is 10.5 Å². The lowest BCUT2D eigenvalue weighted by Crippen LogP contribution is -2.33. The second-order valence-electron chi connectivity index (χ2n) is 5.36. The Kier molecular flexibility index (Phi) is 5.00. The van der Waals surface area contributed by atoms with Crippen molar-refractivity contribution >= 4 is 17.6 Å². The van der Waals surface area contributed by atoms with E-state index >= 15 is 0 Å². The minimum atomic E-state index is -0.302. The first kappa shape index (κ1) is 16.5. The average molecular weight is 316 g/mol. The van der Waals surface area contributed by atoms with Crippen molar-refractivity contribution < 1.29 is 14.0 Å². The molecule has 0 aliphatic rings. The van der Waals surface area contributed by atoms with Crippen LogP contribution in [0.3, 0.4) is 0 Å². The molecule has 0 fully saturated rings. The van der Waals surface area contributed by atoms with Gasteiger partial charge in [-0.3, -0.25) is 9.78 Å². The summed E-state index contributed by atoms with van der Waals surface area (Å²) in [6.07, 6.45) is 3.06. The second-order valence-corrected chi connectivity index (χ2v) is 5.36. The number of hydrogen-bond acceptors (Lipinski definition) is 4. The van der Waals surface area contributed by atoms with E-state index in [1.807, 2.05) is 13.0 Å². The number of anilines is 1. The number of furan rings is 1. The molecule has 0 aliphatic heterocycles. The van der Waals surface area contributed by atoms with Crippen LogP contribution in [0, 0.1) is 0 Å². The predicted molar refractivity (Wildman–Crippen MR) is 86.2 cm³/mol. The van der Waals surface area contributed by atoms with Crippen molar-refractivity contribution in [2.24, 2.45) is 0 Å². The molecule has 122 valence electrons. The van der Waals surface area contributed by atoms with E-state index in [0.29, 0.717) is 11.4 Å². The summed E-state index contributed by atoms with van der Waals surface area (Å²) in [4.78, 5) is 31.2. The highest BCUT2D eigenvalue weighted by molar-refractivity contribution is 5.95. The van der Waals surface area contributed by atoms with Crippen molar-refractivity contribution in [2.45, 2.75) is 13.0 Å². The smallest absolute Gasteiger partial charge is 0.322 e. The zero-order valence-corrected chi connectivity index (χ0v) is 13.6. The largest absolute Gasteiger partial charge is 0.467 e. The topological polar surface area (TPSA) is 78.7 Å². The van der Waals surface area contributed by atoms with E-state index in [9.17, 15) is 9.59 Å². The molecule has 3 amide bonds. The fourth-order valence-corrected chi connectivity index (χ4v) is 1.96. The zero-order chi connectivity index (χ0) is 17.0.